The lowest BCUT2D eigenvalue weighted by Crippen LogP contribution is -2.05. The highest BCUT2D eigenvalue weighted by molar-refractivity contribution is 6.14. The number of fused-ring (bicyclic) bond motifs is 6. The zero-order valence-electron chi connectivity index (χ0n) is 31.1. The third-order valence-corrected chi connectivity index (χ3v) is 10.6. The van der Waals surface area contributed by atoms with E-state index in [4.69, 9.17) is 14.4 Å². The first-order valence-corrected chi connectivity index (χ1v) is 19.1. The van der Waals surface area contributed by atoms with Crippen LogP contribution in [0.4, 0.5) is 0 Å². The lowest BCUT2D eigenvalue weighted by molar-refractivity contribution is 0.669. The third-order valence-electron chi connectivity index (χ3n) is 10.6. The molecule has 0 amide bonds. The van der Waals surface area contributed by atoms with Crippen molar-refractivity contribution in [3.05, 3.63) is 211 Å². The Labute approximate surface area is 330 Å². The van der Waals surface area contributed by atoms with Crippen LogP contribution >= 0.6 is 0 Å². The van der Waals surface area contributed by atoms with Gasteiger partial charge in [-0.3, -0.25) is 4.99 Å². The monoisotopic (exact) mass is 732 g/mol. The molecule has 270 valence electrons. The van der Waals surface area contributed by atoms with Crippen molar-refractivity contribution in [1.29, 1.82) is 0 Å². The van der Waals surface area contributed by atoms with Crippen LogP contribution in [0.3, 0.4) is 0 Å². The van der Waals surface area contributed by atoms with Crippen LogP contribution in [0.25, 0.3) is 71.7 Å². The molecular formula is C52H36N4O. The Hall–Kier alpha value is -7.63. The summed E-state index contributed by atoms with van der Waals surface area (Å²) in [5.74, 6) is 1.11. The first kappa shape index (κ1) is 33.9. The van der Waals surface area contributed by atoms with E-state index < -0.39 is 0 Å². The standard InChI is InChI=1S/C52H36N4O/c1-53-51(55-52(37-18-9-4-10-19-37)54-34-35-14-5-2-6-15-35)41-21-13-20-38(30-41)40-25-28-45-46-29-26-42(33-50(46)57-49(45)32-40)56-47-23-12-11-22-43(47)44-27-24-39(31-48(44)56)36-16-7-3-8-17-36/h2-33H,1,34H2. The van der Waals surface area contributed by atoms with Gasteiger partial charge in [-0.05, 0) is 77.0 Å². The molecule has 0 spiro atoms. The van der Waals surface area contributed by atoms with Crippen LogP contribution < -0.4 is 0 Å². The molecule has 5 heteroatoms. The number of hydrogen-bond donors (Lipinski definition) is 0. The van der Waals surface area contributed by atoms with Gasteiger partial charge in [-0.1, -0.05) is 146 Å². The maximum absolute atomic E-state index is 6.65. The zero-order chi connectivity index (χ0) is 38.1. The molecule has 0 aliphatic carbocycles. The van der Waals surface area contributed by atoms with E-state index in [9.17, 15) is 0 Å². The number of amidine groups is 2. The highest BCUT2D eigenvalue weighted by atomic mass is 16.3. The van der Waals surface area contributed by atoms with E-state index in [1.807, 2.05) is 60.7 Å². The summed E-state index contributed by atoms with van der Waals surface area (Å²) in [6.45, 7) is 4.40. The van der Waals surface area contributed by atoms with Crippen LogP contribution in [-0.2, 0) is 6.54 Å². The second kappa shape index (κ2) is 14.5. The Balaban J connectivity index is 1.02. The summed E-state index contributed by atoms with van der Waals surface area (Å²) in [4.78, 5) is 14.3. The van der Waals surface area contributed by atoms with Crippen LogP contribution in [0.2, 0.25) is 0 Å². The number of nitrogens with zero attached hydrogens (tertiary/aromatic N) is 4. The van der Waals surface area contributed by atoms with E-state index >= 15 is 0 Å². The number of hydrogen-bond acceptors (Lipinski definition) is 2. The summed E-state index contributed by atoms with van der Waals surface area (Å²) in [7, 11) is 0. The van der Waals surface area contributed by atoms with Gasteiger partial charge in [-0.25, -0.2) is 9.98 Å². The van der Waals surface area contributed by atoms with Gasteiger partial charge in [0.2, 0.25) is 0 Å². The molecule has 2 aromatic heterocycles. The van der Waals surface area contributed by atoms with Crippen LogP contribution in [0.15, 0.2) is 214 Å². The van der Waals surface area contributed by atoms with Crippen LogP contribution in [0.5, 0.6) is 0 Å². The molecule has 0 saturated heterocycles. The largest absolute Gasteiger partial charge is 0.456 e. The predicted molar refractivity (Wildman–Crippen MR) is 238 cm³/mol. The highest BCUT2D eigenvalue weighted by Crippen LogP contribution is 2.38. The summed E-state index contributed by atoms with van der Waals surface area (Å²) >= 11 is 0. The van der Waals surface area contributed by atoms with Crippen molar-refractivity contribution < 1.29 is 4.42 Å². The van der Waals surface area contributed by atoms with Gasteiger partial charge in [-0.15, -0.1) is 0 Å². The lowest BCUT2D eigenvalue weighted by Gasteiger charge is -2.09. The van der Waals surface area contributed by atoms with Crippen molar-refractivity contribution in [3.63, 3.8) is 0 Å². The zero-order valence-corrected chi connectivity index (χ0v) is 31.1. The Kier molecular flexibility index (Phi) is 8.65. The quantitative estimate of drug-likeness (QED) is 0.119. The molecule has 10 aromatic rings. The van der Waals surface area contributed by atoms with Crippen molar-refractivity contribution in [2.45, 2.75) is 6.54 Å². The second-order valence-corrected chi connectivity index (χ2v) is 14.1. The van der Waals surface area contributed by atoms with E-state index in [2.05, 4.69) is 150 Å². The highest BCUT2D eigenvalue weighted by Gasteiger charge is 2.16. The number of aliphatic imine (C=N–C) groups is 3. The molecular weight excluding hydrogens is 697 g/mol. The van der Waals surface area contributed by atoms with Gasteiger partial charge < -0.3 is 8.98 Å². The fourth-order valence-electron chi connectivity index (χ4n) is 7.80. The van der Waals surface area contributed by atoms with Gasteiger partial charge in [0, 0.05) is 44.4 Å². The Morgan fingerprint density at radius 1 is 0.456 bits per heavy atom. The Morgan fingerprint density at radius 3 is 1.84 bits per heavy atom. The summed E-state index contributed by atoms with van der Waals surface area (Å²) < 4.78 is 9.00. The molecule has 0 N–H and O–H groups in total. The molecule has 57 heavy (non-hydrogen) atoms. The molecule has 0 bridgehead atoms. The van der Waals surface area contributed by atoms with Crippen LogP contribution in [0.1, 0.15) is 16.7 Å². The van der Waals surface area contributed by atoms with Crippen molar-refractivity contribution >= 4 is 62.1 Å². The maximum Gasteiger partial charge on any atom is 0.161 e. The Bertz CT molecular complexity index is 3160. The molecule has 10 rings (SSSR count). The molecule has 0 atom stereocenters. The van der Waals surface area contributed by atoms with Crippen LogP contribution in [0, 0.1) is 0 Å². The normalized spacial score (nSPS) is 12.2. The molecule has 8 aromatic carbocycles. The minimum absolute atomic E-state index is 0.505. The molecule has 0 radical (unpaired) electrons. The van der Waals surface area contributed by atoms with Gasteiger partial charge in [0.05, 0.1) is 17.6 Å². The lowest BCUT2D eigenvalue weighted by atomic mass is 10.0. The minimum atomic E-state index is 0.505. The molecule has 0 unspecified atom stereocenters. The maximum atomic E-state index is 6.65. The summed E-state index contributed by atoms with van der Waals surface area (Å²) in [5, 5.41) is 4.59. The number of para-hydroxylation sites is 1. The van der Waals surface area contributed by atoms with Gasteiger partial charge in [0.25, 0.3) is 0 Å². The van der Waals surface area contributed by atoms with Crippen molar-refractivity contribution in [1.82, 2.24) is 4.57 Å². The number of aromatic nitrogens is 1. The minimum Gasteiger partial charge on any atom is -0.456 e. The summed E-state index contributed by atoms with van der Waals surface area (Å²) in [5.41, 5.74) is 12.3. The van der Waals surface area contributed by atoms with E-state index in [1.54, 1.807) is 0 Å². The van der Waals surface area contributed by atoms with Gasteiger partial charge in [0.1, 0.15) is 11.2 Å². The SMILES string of the molecule is C=NC(=NC(=NCc1ccccc1)c1ccccc1)c1cccc(-c2ccc3c(c2)oc2cc(-n4c5ccccc5c5ccc(-c6ccccc6)cc54)ccc23)c1. The number of furan rings is 1. The van der Waals surface area contributed by atoms with Gasteiger partial charge in [-0.2, -0.15) is 0 Å². The average Bonchev–Trinajstić information content (AvgIpc) is 3.82. The van der Waals surface area contributed by atoms with Gasteiger partial charge >= 0.3 is 0 Å². The summed E-state index contributed by atoms with van der Waals surface area (Å²) in [6.07, 6.45) is 0. The van der Waals surface area contributed by atoms with Crippen molar-refractivity contribution in [2.24, 2.45) is 15.0 Å². The fraction of sp³-hybridized carbons (Fsp3) is 0.0192. The first-order chi connectivity index (χ1) is 28.2. The van der Waals surface area contributed by atoms with E-state index in [-0.39, 0.29) is 0 Å². The van der Waals surface area contributed by atoms with Crippen molar-refractivity contribution in [2.75, 3.05) is 0 Å². The van der Waals surface area contributed by atoms with E-state index in [0.29, 0.717) is 18.2 Å². The molecule has 0 aliphatic rings. The fourth-order valence-corrected chi connectivity index (χ4v) is 7.80. The molecule has 5 nitrogen and oxygen atoms in total. The topological polar surface area (TPSA) is 55.1 Å². The second-order valence-electron chi connectivity index (χ2n) is 14.1. The smallest absolute Gasteiger partial charge is 0.161 e. The average molecular weight is 733 g/mol. The van der Waals surface area contributed by atoms with Crippen LogP contribution in [-0.4, -0.2) is 23.0 Å². The molecule has 0 aliphatic heterocycles. The predicted octanol–water partition coefficient (Wildman–Crippen LogP) is 13.1. The molecule has 0 saturated carbocycles. The number of rotatable bonds is 7. The van der Waals surface area contributed by atoms with Gasteiger partial charge in [0.15, 0.2) is 11.7 Å². The van der Waals surface area contributed by atoms with Crippen molar-refractivity contribution in [3.8, 4) is 27.9 Å². The van der Waals surface area contributed by atoms with E-state index in [0.717, 1.165) is 66.5 Å². The Morgan fingerprint density at radius 2 is 1.05 bits per heavy atom. The number of benzene rings is 8. The third kappa shape index (κ3) is 6.41. The summed E-state index contributed by atoms with van der Waals surface area (Å²) in [6, 6.07) is 67.3. The molecule has 0 fully saturated rings. The molecule has 2 heterocycles. The van der Waals surface area contributed by atoms with E-state index in [1.165, 1.54) is 21.9 Å². The first-order valence-electron chi connectivity index (χ1n) is 19.1.